The number of rotatable bonds is 7. The zero-order valence-corrected chi connectivity index (χ0v) is 11.8. The maximum atomic E-state index is 5.74. The van der Waals surface area contributed by atoms with E-state index in [9.17, 15) is 0 Å². The monoisotopic (exact) mass is 252 g/mol. The van der Waals surface area contributed by atoms with Gasteiger partial charge in [-0.25, -0.2) is 0 Å². The number of nitrogens with two attached hydrogens (primary N) is 1. The van der Waals surface area contributed by atoms with E-state index < -0.39 is 0 Å². The molecular weight excluding hydrogens is 228 g/mol. The van der Waals surface area contributed by atoms with Crippen LogP contribution >= 0.6 is 0 Å². The Kier molecular flexibility index (Phi) is 5.61. The van der Waals surface area contributed by atoms with Crippen LogP contribution in [0.2, 0.25) is 0 Å². The molecule has 3 N–H and O–H groups in total. The lowest BCUT2D eigenvalue weighted by atomic mass is 10.2. The van der Waals surface area contributed by atoms with E-state index in [0.29, 0.717) is 17.9 Å². The quantitative estimate of drug-likeness (QED) is 0.771. The minimum Gasteiger partial charge on any atom is -0.368 e. The van der Waals surface area contributed by atoms with Crippen LogP contribution in [0, 0.1) is 0 Å². The first-order valence-corrected chi connectivity index (χ1v) is 6.67. The standard InChI is InChI=1S/C12H24N6/c1-5-9(6-2)14-11-15-10(13)16-12(17-11)18(7-3)8-4/h9H,5-8H2,1-4H3,(H3,13,14,15,16,17). The molecule has 1 heterocycles. The second-order valence-electron chi connectivity index (χ2n) is 4.15. The second kappa shape index (κ2) is 6.98. The summed E-state index contributed by atoms with van der Waals surface area (Å²) >= 11 is 0. The van der Waals surface area contributed by atoms with Crippen molar-refractivity contribution in [1.29, 1.82) is 0 Å². The molecule has 0 aliphatic heterocycles. The summed E-state index contributed by atoms with van der Waals surface area (Å²) in [5, 5.41) is 3.29. The first-order valence-electron chi connectivity index (χ1n) is 6.67. The summed E-state index contributed by atoms with van der Waals surface area (Å²) in [6, 6.07) is 0.372. The lowest BCUT2D eigenvalue weighted by molar-refractivity contribution is 0.663. The molecule has 0 fully saturated rings. The summed E-state index contributed by atoms with van der Waals surface area (Å²) in [6.07, 6.45) is 2.06. The molecule has 0 amide bonds. The molecule has 6 nitrogen and oxygen atoms in total. The molecule has 6 heteroatoms. The highest BCUT2D eigenvalue weighted by Crippen LogP contribution is 2.13. The first kappa shape index (κ1) is 14.5. The van der Waals surface area contributed by atoms with Gasteiger partial charge in [-0.3, -0.25) is 0 Å². The highest BCUT2D eigenvalue weighted by atomic mass is 15.3. The van der Waals surface area contributed by atoms with Crippen molar-refractivity contribution in [3.05, 3.63) is 0 Å². The van der Waals surface area contributed by atoms with Crippen LogP contribution in [-0.2, 0) is 0 Å². The van der Waals surface area contributed by atoms with Crippen LogP contribution < -0.4 is 16.0 Å². The van der Waals surface area contributed by atoms with Crippen LogP contribution in [0.4, 0.5) is 17.8 Å². The summed E-state index contributed by atoms with van der Waals surface area (Å²) in [5.74, 6) is 1.47. The van der Waals surface area contributed by atoms with Gasteiger partial charge in [-0.15, -0.1) is 0 Å². The Morgan fingerprint density at radius 3 is 2.17 bits per heavy atom. The molecule has 0 radical (unpaired) electrons. The molecule has 0 unspecified atom stereocenters. The molecule has 1 aromatic heterocycles. The van der Waals surface area contributed by atoms with Crippen molar-refractivity contribution in [2.75, 3.05) is 29.0 Å². The lowest BCUT2D eigenvalue weighted by Gasteiger charge is -2.20. The Bertz CT molecular complexity index is 360. The van der Waals surface area contributed by atoms with E-state index >= 15 is 0 Å². The molecule has 0 aromatic carbocycles. The van der Waals surface area contributed by atoms with Gasteiger partial charge >= 0.3 is 0 Å². The van der Waals surface area contributed by atoms with Crippen molar-refractivity contribution >= 4 is 17.8 Å². The molecule has 1 rings (SSSR count). The number of hydrogen-bond acceptors (Lipinski definition) is 6. The van der Waals surface area contributed by atoms with E-state index in [2.05, 4.69) is 52.9 Å². The summed E-state index contributed by atoms with van der Waals surface area (Å²) < 4.78 is 0. The molecule has 0 atom stereocenters. The predicted molar refractivity (Wildman–Crippen MR) is 75.8 cm³/mol. The van der Waals surface area contributed by atoms with Crippen molar-refractivity contribution < 1.29 is 0 Å². The largest absolute Gasteiger partial charge is 0.368 e. The fourth-order valence-corrected chi connectivity index (χ4v) is 1.77. The Balaban J connectivity index is 2.93. The predicted octanol–water partition coefficient (Wildman–Crippen LogP) is 1.90. The van der Waals surface area contributed by atoms with Crippen molar-refractivity contribution in [3.8, 4) is 0 Å². The number of anilines is 3. The summed E-state index contributed by atoms with van der Waals surface area (Å²) in [6.45, 7) is 10.1. The van der Waals surface area contributed by atoms with Gasteiger partial charge < -0.3 is 16.0 Å². The van der Waals surface area contributed by atoms with Gasteiger partial charge in [0.2, 0.25) is 17.8 Å². The summed E-state index contributed by atoms with van der Waals surface area (Å²) in [4.78, 5) is 14.8. The number of nitrogens with one attached hydrogen (secondary N) is 1. The number of aromatic nitrogens is 3. The fourth-order valence-electron chi connectivity index (χ4n) is 1.77. The van der Waals surface area contributed by atoms with Gasteiger partial charge in [-0.05, 0) is 26.7 Å². The molecule has 0 aliphatic carbocycles. The van der Waals surface area contributed by atoms with E-state index in [1.165, 1.54) is 0 Å². The molecule has 1 aromatic rings. The minimum atomic E-state index is 0.264. The normalized spacial score (nSPS) is 10.7. The molecule has 0 bridgehead atoms. The SMILES string of the molecule is CCC(CC)Nc1nc(N)nc(N(CC)CC)n1. The van der Waals surface area contributed by atoms with E-state index in [-0.39, 0.29) is 5.95 Å². The fraction of sp³-hybridized carbons (Fsp3) is 0.750. The highest BCUT2D eigenvalue weighted by Gasteiger charge is 2.11. The van der Waals surface area contributed by atoms with Gasteiger partial charge in [0.05, 0.1) is 0 Å². The van der Waals surface area contributed by atoms with Crippen molar-refractivity contribution in [1.82, 2.24) is 15.0 Å². The number of nitrogen functional groups attached to an aromatic ring is 1. The van der Waals surface area contributed by atoms with Crippen molar-refractivity contribution in [3.63, 3.8) is 0 Å². The zero-order chi connectivity index (χ0) is 13.5. The van der Waals surface area contributed by atoms with Crippen LogP contribution in [-0.4, -0.2) is 34.1 Å². The van der Waals surface area contributed by atoms with E-state index in [4.69, 9.17) is 5.73 Å². The molecule has 0 saturated heterocycles. The van der Waals surface area contributed by atoms with Crippen LogP contribution in [0.1, 0.15) is 40.5 Å². The van der Waals surface area contributed by atoms with Crippen LogP contribution in [0.15, 0.2) is 0 Å². The zero-order valence-electron chi connectivity index (χ0n) is 11.8. The van der Waals surface area contributed by atoms with Gasteiger partial charge in [-0.1, -0.05) is 13.8 Å². The third-order valence-electron chi connectivity index (χ3n) is 3.01. The third-order valence-corrected chi connectivity index (χ3v) is 3.01. The number of hydrogen-bond donors (Lipinski definition) is 2. The van der Waals surface area contributed by atoms with Crippen LogP contribution in [0.25, 0.3) is 0 Å². The topological polar surface area (TPSA) is 80.0 Å². The van der Waals surface area contributed by atoms with Gasteiger partial charge in [0.1, 0.15) is 0 Å². The highest BCUT2D eigenvalue weighted by molar-refractivity contribution is 5.42. The molecule has 0 saturated carbocycles. The maximum absolute atomic E-state index is 5.74. The second-order valence-corrected chi connectivity index (χ2v) is 4.15. The average molecular weight is 252 g/mol. The maximum Gasteiger partial charge on any atom is 0.231 e. The smallest absolute Gasteiger partial charge is 0.231 e. The van der Waals surface area contributed by atoms with Crippen LogP contribution in [0.5, 0.6) is 0 Å². The van der Waals surface area contributed by atoms with Gasteiger partial charge in [0.15, 0.2) is 0 Å². The average Bonchev–Trinajstić information content (AvgIpc) is 2.37. The van der Waals surface area contributed by atoms with Crippen molar-refractivity contribution in [2.24, 2.45) is 0 Å². The lowest BCUT2D eigenvalue weighted by Crippen LogP contribution is -2.26. The first-order chi connectivity index (χ1) is 8.64. The Hall–Kier alpha value is -1.59. The third kappa shape index (κ3) is 3.72. The summed E-state index contributed by atoms with van der Waals surface area (Å²) in [7, 11) is 0. The van der Waals surface area contributed by atoms with Crippen LogP contribution in [0.3, 0.4) is 0 Å². The molecular formula is C12H24N6. The van der Waals surface area contributed by atoms with E-state index in [1.807, 2.05) is 0 Å². The molecule has 102 valence electrons. The Labute approximate surface area is 109 Å². The van der Waals surface area contributed by atoms with Gasteiger partial charge in [0, 0.05) is 19.1 Å². The van der Waals surface area contributed by atoms with E-state index in [0.717, 1.165) is 25.9 Å². The van der Waals surface area contributed by atoms with Crippen molar-refractivity contribution in [2.45, 2.75) is 46.6 Å². The molecule has 18 heavy (non-hydrogen) atoms. The van der Waals surface area contributed by atoms with Gasteiger partial charge in [0.25, 0.3) is 0 Å². The summed E-state index contributed by atoms with van der Waals surface area (Å²) in [5.41, 5.74) is 5.74. The minimum absolute atomic E-state index is 0.264. The molecule has 0 spiro atoms. The van der Waals surface area contributed by atoms with Gasteiger partial charge in [-0.2, -0.15) is 15.0 Å². The number of nitrogens with zero attached hydrogens (tertiary/aromatic N) is 4. The molecule has 0 aliphatic rings. The Morgan fingerprint density at radius 1 is 1.06 bits per heavy atom. The Morgan fingerprint density at radius 2 is 1.67 bits per heavy atom. The van der Waals surface area contributed by atoms with E-state index in [1.54, 1.807) is 0 Å².